The second kappa shape index (κ2) is 5.65. The molecular weight excluding hydrogens is 248 g/mol. The molecule has 76 valence electrons. The smallest absolute Gasteiger partial charge is 0.168 e. The zero-order valence-corrected chi connectivity index (χ0v) is 9.16. The fraction of sp³-hybridized carbons (Fsp3) is 0.300. The first-order chi connectivity index (χ1) is 6.79. The largest absolute Gasteiger partial charge is 0.504 e. The van der Waals surface area contributed by atoms with Crippen LogP contribution in [0.1, 0.15) is 16.8 Å². The Kier molecular flexibility index (Phi) is 4.46. The third-order valence-corrected chi connectivity index (χ3v) is 2.25. The van der Waals surface area contributed by atoms with Crippen LogP contribution in [0.25, 0.3) is 0 Å². The van der Waals surface area contributed by atoms with E-state index in [0.717, 1.165) is 11.8 Å². The third-order valence-electron chi connectivity index (χ3n) is 1.69. The summed E-state index contributed by atoms with van der Waals surface area (Å²) in [6.45, 7) is 0.515. The fourth-order valence-electron chi connectivity index (χ4n) is 0.988. The van der Waals surface area contributed by atoms with Gasteiger partial charge in [0.05, 0.1) is 12.2 Å². The van der Waals surface area contributed by atoms with Crippen LogP contribution >= 0.6 is 15.9 Å². The molecule has 1 aromatic rings. The minimum atomic E-state index is -0.0860. The molecule has 0 fully saturated rings. The lowest BCUT2D eigenvalue weighted by Gasteiger charge is -2.07. The lowest BCUT2D eigenvalue weighted by atomic mass is 10.2. The first-order valence-electron chi connectivity index (χ1n) is 4.25. The number of halogens is 1. The molecule has 0 aromatic heterocycles. The van der Waals surface area contributed by atoms with Gasteiger partial charge in [-0.15, -0.1) is 0 Å². The van der Waals surface area contributed by atoms with Crippen LogP contribution in [0.5, 0.6) is 11.5 Å². The maximum atomic E-state index is 10.5. The van der Waals surface area contributed by atoms with Gasteiger partial charge in [-0.2, -0.15) is 0 Å². The van der Waals surface area contributed by atoms with E-state index in [1.54, 1.807) is 18.2 Å². The standard InChI is InChI=1S/C10H11BrO3/c11-5-2-6-14-9-4-1-3-8(7-12)10(9)13/h1,3-4,7,13H,2,5-6H2. The Balaban J connectivity index is 2.71. The van der Waals surface area contributed by atoms with E-state index < -0.39 is 0 Å². The first-order valence-corrected chi connectivity index (χ1v) is 5.37. The van der Waals surface area contributed by atoms with E-state index in [4.69, 9.17) is 4.74 Å². The van der Waals surface area contributed by atoms with Crippen LogP contribution in [0.2, 0.25) is 0 Å². The van der Waals surface area contributed by atoms with Crippen molar-refractivity contribution in [3.05, 3.63) is 23.8 Å². The molecule has 0 heterocycles. The molecule has 0 aliphatic carbocycles. The fourth-order valence-corrected chi connectivity index (χ4v) is 1.22. The zero-order chi connectivity index (χ0) is 10.4. The third kappa shape index (κ3) is 2.73. The predicted molar refractivity (Wildman–Crippen MR) is 57.4 cm³/mol. The maximum Gasteiger partial charge on any atom is 0.168 e. The molecule has 1 aromatic carbocycles. The highest BCUT2D eigenvalue weighted by Gasteiger charge is 2.06. The number of rotatable bonds is 5. The molecule has 0 unspecified atom stereocenters. The van der Waals surface area contributed by atoms with Gasteiger partial charge in [0.15, 0.2) is 17.8 Å². The van der Waals surface area contributed by atoms with Crippen molar-refractivity contribution in [2.24, 2.45) is 0 Å². The second-order valence-corrected chi connectivity index (χ2v) is 3.50. The van der Waals surface area contributed by atoms with Crippen LogP contribution < -0.4 is 4.74 Å². The summed E-state index contributed by atoms with van der Waals surface area (Å²) in [5.74, 6) is 0.271. The van der Waals surface area contributed by atoms with E-state index >= 15 is 0 Å². The molecule has 0 amide bonds. The molecule has 0 spiro atoms. The van der Waals surface area contributed by atoms with Gasteiger partial charge in [-0.1, -0.05) is 22.0 Å². The van der Waals surface area contributed by atoms with Gasteiger partial charge in [0, 0.05) is 5.33 Å². The Hall–Kier alpha value is -1.03. The van der Waals surface area contributed by atoms with Gasteiger partial charge in [0.2, 0.25) is 0 Å². The number of ether oxygens (including phenoxy) is 1. The first kappa shape index (κ1) is 11.0. The molecule has 0 saturated carbocycles. The number of aldehydes is 1. The lowest BCUT2D eigenvalue weighted by molar-refractivity contribution is 0.112. The molecule has 1 N–H and O–H groups in total. The van der Waals surface area contributed by atoms with Crippen LogP contribution in [0, 0.1) is 0 Å². The Labute approximate surface area is 90.8 Å². The summed E-state index contributed by atoms with van der Waals surface area (Å²) < 4.78 is 5.28. The molecule has 0 aliphatic rings. The molecule has 4 heteroatoms. The molecule has 0 saturated heterocycles. The van der Waals surface area contributed by atoms with Crippen LogP contribution in [0.4, 0.5) is 0 Å². The highest BCUT2D eigenvalue weighted by molar-refractivity contribution is 9.09. The van der Waals surface area contributed by atoms with Gasteiger partial charge in [0.1, 0.15) is 0 Å². The van der Waals surface area contributed by atoms with E-state index in [1.807, 2.05) is 0 Å². The van der Waals surface area contributed by atoms with Crippen molar-refractivity contribution in [1.29, 1.82) is 0 Å². The van der Waals surface area contributed by atoms with Crippen LogP contribution in [0.15, 0.2) is 18.2 Å². The number of alkyl halides is 1. The van der Waals surface area contributed by atoms with Crippen molar-refractivity contribution in [2.75, 3.05) is 11.9 Å². The zero-order valence-electron chi connectivity index (χ0n) is 7.57. The van der Waals surface area contributed by atoms with Crippen molar-refractivity contribution < 1.29 is 14.6 Å². The number of hydrogen-bond acceptors (Lipinski definition) is 3. The summed E-state index contributed by atoms with van der Waals surface area (Å²) in [6.07, 6.45) is 1.46. The Morgan fingerprint density at radius 2 is 2.29 bits per heavy atom. The Morgan fingerprint density at radius 3 is 2.93 bits per heavy atom. The van der Waals surface area contributed by atoms with Gasteiger partial charge in [-0.3, -0.25) is 4.79 Å². The number of phenolic OH excluding ortho intramolecular Hbond substituents is 1. The highest BCUT2D eigenvalue weighted by Crippen LogP contribution is 2.28. The minimum absolute atomic E-state index is 0.0860. The van der Waals surface area contributed by atoms with Crippen molar-refractivity contribution >= 4 is 22.2 Å². The number of phenols is 1. The van der Waals surface area contributed by atoms with Gasteiger partial charge >= 0.3 is 0 Å². The number of aromatic hydroxyl groups is 1. The molecule has 0 bridgehead atoms. The van der Waals surface area contributed by atoms with Gasteiger partial charge < -0.3 is 9.84 Å². The monoisotopic (exact) mass is 258 g/mol. The second-order valence-electron chi connectivity index (χ2n) is 2.70. The van der Waals surface area contributed by atoms with Crippen LogP contribution in [0.3, 0.4) is 0 Å². The maximum absolute atomic E-state index is 10.5. The molecule has 0 radical (unpaired) electrons. The molecule has 3 nitrogen and oxygen atoms in total. The SMILES string of the molecule is O=Cc1cccc(OCCCBr)c1O. The van der Waals surface area contributed by atoms with Crippen molar-refractivity contribution in [1.82, 2.24) is 0 Å². The molecular formula is C10H11BrO3. The average Bonchev–Trinajstić information content (AvgIpc) is 2.21. The van der Waals surface area contributed by atoms with Crippen molar-refractivity contribution in [3.63, 3.8) is 0 Å². The summed E-state index contributed by atoms with van der Waals surface area (Å²) in [5.41, 5.74) is 0.251. The number of hydrogen-bond donors (Lipinski definition) is 1. The van der Waals surface area contributed by atoms with Crippen molar-refractivity contribution in [3.8, 4) is 11.5 Å². The van der Waals surface area contributed by atoms with E-state index in [1.165, 1.54) is 0 Å². The topological polar surface area (TPSA) is 46.5 Å². The number of carbonyl (C=O) groups is 1. The normalized spacial score (nSPS) is 9.79. The highest BCUT2D eigenvalue weighted by atomic mass is 79.9. The summed E-state index contributed by atoms with van der Waals surface area (Å²) in [4.78, 5) is 10.5. The number of para-hydroxylation sites is 1. The number of carbonyl (C=O) groups excluding carboxylic acids is 1. The molecule has 0 atom stereocenters. The Morgan fingerprint density at radius 1 is 1.50 bits per heavy atom. The minimum Gasteiger partial charge on any atom is -0.504 e. The average molecular weight is 259 g/mol. The van der Waals surface area contributed by atoms with Gasteiger partial charge in [-0.25, -0.2) is 0 Å². The van der Waals surface area contributed by atoms with Crippen LogP contribution in [-0.2, 0) is 0 Å². The quantitative estimate of drug-likeness (QED) is 0.501. The van der Waals surface area contributed by atoms with Crippen molar-refractivity contribution in [2.45, 2.75) is 6.42 Å². The van der Waals surface area contributed by atoms with E-state index in [2.05, 4.69) is 15.9 Å². The van der Waals surface area contributed by atoms with Gasteiger partial charge in [-0.05, 0) is 18.6 Å². The summed E-state index contributed by atoms with van der Waals surface area (Å²) in [6, 6.07) is 4.85. The summed E-state index contributed by atoms with van der Waals surface area (Å²) in [7, 11) is 0. The molecule has 14 heavy (non-hydrogen) atoms. The molecule has 0 aliphatic heterocycles. The summed E-state index contributed by atoms with van der Waals surface area (Å²) >= 11 is 3.27. The molecule has 1 rings (SSSR count). The lowest BCUT2D eigenvalue weighted by Crippen LogP contribution is -1.98. The predicted octanol–water partition coefficient (Wildman–Crippen LogP) is 2.37. The van der Waals surface area contributed by atoms with E-state index in [-0.39, 0.29) is 11.3 Å². The number of benzene rings is 1. The van der Waals surface area contributed by atoms with Crippen LogP contribution in [-0.4, -0.2) is 23.3 Å². The van der Waals surface area contributed by atoms with Gasteiger partial charge in [0.25, 0.3) is 0 Å². The summed E-state index contributed by atoms with van der Waals surface area (Å²) in [5, 5.41) is 10.4. The Bertz CT molecular complexity index is 312. The van der Waals surface area contributed by atoms with E-state index in [9.17, 15) is 9.90 Å². The van der Waals surface area contributed by atoms with E-state index in [0.29, 0.717) is 18.6 Å².